The van der Waals surface area contributed by atoms with Gasteiger partial charge in [0.1, 0.15) is 0 Å². The molecular weight excluding hydrogens is 373 g/mol. The molecule has 0 amide bonds. The van der Waals surface area contributed by atoms with Crippen LogP contribution in [0.5, 0.6) is 0 Å². The van der Waals surface area contributed by atoms with Gasteiger partial charge in [-0.25, -0.2) is 0 Å². The van der Waals surface area contributed by atoms with Crippen LogP contribution in [0.25, 0.3) is 0 Å². The summed E-state index contributed by atoms with van der Waals surface area (Å²) in [7, 11) is 0. The molecule has 2 aromatic rings. The maximum atomic E-state index is 14.2. The second-order valence-corrected chi connectivity index (χ2v) is 5.54. The molecule has 25 heavy (non-hydrogen) atoms. The first-order chi connectivity index (χ1) is 11.4. The highest BCUT2D eigenvalue weighted by molar-refractivity contribution is 6.30. The summed E-state index contributed by atoms with van der Waals surface area (Å²) in [5.41, 5.74) is -6.52. The van der Waals surface area contributed by atoms with Gasteiger partial charge in [-0.2, -0.15) is 22.0 Å². The molecule has 0 spiro atoms. The van der Waals surface area contributed by atoms with Crippen LogP contribution < -0.4 is 0 Å². The quantitative estimate of drug-likeness (QED) is 0.475. The molecule has 0 aliphatic rings. The van der Waals surface area contributed by atoms with Crippen molar-refractivity contribution in [3.63, 3.8) is 0 Å². The Morgan fingerprint density at radius 3 is 1.96 bits per heavy atom. The third-order valence-corrected chi connectivity index (χ3v) is 3.76. The summed E-state index contributed by atoms with van der Waals surface area (Å²) in [6.07, 6.45) is -6.13. The Morgan fingerprint density at radius 2 is 1.48 bits per heavy atom. The van der Waals surface area contributed by atoms with E-state index in [1.807, 2.05) is 0 Å². The van der Waals surface area contributed by atoms with Gasteiger partial charge in [0, 0.05) is 22.7 Å². The number of aliphatic hydroxyl groups is 1. The normalized spacial score (nSPS) is 14.8. The largest absolute Gasteiger partial charge is 0.457 e. The lowest BCUT2D eigenvalue weighted by Gasteiger charge is -2.37. The van der Waals surface area contributed by atoms with Crippen LogP contribution in [0, 0.1) is 10.1 Å². The number of nitro groups is 1. The van der Waals surface area contributed by atoms with E-state index in [0.717, 1.165) is 36.4 Å². The topological polar surface area (TPSA) is 63.4 Å². The summed E-state index contributed by atoms with van der Waals surface area (Å²) in [5.74, 6) is -5.65. The molecule has 2 aromatic carbocycles. The molecule has 0 bridgehead atoms. The number of alkyl halides is 5. The zero-order chi connectivity index (χ0) is 19.0. The summed E-state index contributed by atoms with van der Waals surface area (Å²) >= 11 is 5.64. The molecule has 4 nitrogen and oxygen atoms in total. The van der Waals surface area contributed by atoms with E-state index in [4.69, 9.17) is 11.6 Å². The van der Waals surface area contributed by atoms with Gasteiger partial charge in [0.05, 0.1) is 4.92 Å². The van der Waals surface area contributed by atoms with Gasteiger partial charge in [-0.3, -0.25) is 10.1 Å². The van der Waals surface area contributed by atoms with E-state index in [-0.39, 0.29) is 5.02 Å². The van der Waals surface area contributed by atoms with Crippen molar-refractivity contribution in [2.24, 2.45) is 0 Å². The van der Waals surface area contributed by atoms with Gasteiger partial charge in [0.25, 0.3) is 5.69 Å². The van der Waals surface area contributed by atoms with Crippen molar-refractivity contribution in [1.82, 2.24) is 0 Å². The molecule has 2 rings (SSSR count). The predicted octanol–water partition coefficient (Wildman–Crippen LogP) is 4.68. The minimum absolute atomic E-state index is 0.195. The number of nitrogens with zero attached hydrogens (tertiary/aromatic N) is 1. The van der Waals surface area contributed by atoms with Crippen LogP contribution in [0.3, 0.4) is 0 Å². The molecule has 1 atom stereocenters. The Kier molecular flexibility index (Phi) is 4.75. The van der Waals surface area contributed by atoms with E-state index in [0.29, 0.717) is 6.07 Å². The maximum absolute atomic E-state index is 14.2. The fourth-order valence-electron chi connectivity index (χ4n) is 2.29. The van der Waals surface area contributed by atoms with Gasteiger partial charge in [0.2, 0.25) is 0 Å². The first-order valence-electron chi connectivity index (χ1n) is 6.59. The maximum Gasteiger partial charge on any atom is 0.457 e. The van der Waals surface area contributed by atoms with Crippen LogP contribution in [-0.4, -0.2) is 22.1 Å². The molecule has 0 saturated carbocycles. The fourth-order valence-corrected chi connectivity index (χ4v) is 2.48. The van der Waals surface area contributed by atoms with Crippen LogP contribution in [0.4, 0.5) is 27.6 Å². The second-order valence-electron chi connectivity index (χ2n) is 5.10. The number of nitro benzene ring substituents is 1. The standard InChI is InChI=1S/C15H9ClF5NO3/c16-11-5-1-3-9(7-11)13(23,14(17,18)15(19,20)21)10-4-2-6-12(8-10)22(24)25/h1-8,23H. The zero-order valence-corrected chi connectivity index (χ0v) is 12.9. The van der Waals surface area contributed by atoms with Gasteiger partial charge in [-0.05, 0) is 17.7 Å². The van der Waals surface area contributed by atoms with Crippen molar-refractivity contribution in [3.8, 4) is 0 Å². The summed E-state index contributed by atoms with van der Waals surface area (Å²) < 4.78 is 67.4. The lowest BCUT2D eigenvalue weighted by Crippen LogP contribution is -2.55. The minimum atomic E-state index is -6.13. The van der Waals surface area contributed by atoms with Crippen LogP contribution >= 0.6 is 11.6 Å². The van der Waals surface area contributed by atoms with Gasteiger partial charge in [-0.1, -0.05) is 35.9 Å². The van der Waals surface area contributed by atoms with Crippen molar-refractivity contribution in [1.29, 1.82) is 0 Å². The Hall–Kier alpha value is -2.26. The molecule has 0 aliphatic carbocycles. The van der Waals surface area contributed by atoms with Gasteiger partial charge in [-0.15, -0.1) is 0 Å². The molecule has 0 saturated heterocycles. The Bertz CT molecular complexity index is 812. The van der Waals surface area contributed by atoms with E-state index >= 15 is 0 Å². The van der Waals surface area contributed by atoms with Crippen molar-refractivity contribution >= 4 is 17.3 Å². The van der Waals surface area contributed by atoms with Crippen molar-refractivity contribution in [2.45, 2.75) is 17.7 Å². The lowest BCUT2D eigenvalue weighted by molar-refractivity contribution is -0.385. The number of hydrogen-bond donors (Lipinski definition) is 1. The number of rotatable bonds is 4. The van der Waals surface area contributed by atoms with Crippen LogP contribution in [-0.2, 0) is 5.60 Å². The van der Waals surface area contributed by atoms with Crippen molar-refractivity contribution in [3.05, 3.63) is 74.8 Å². The molecule has 0 aromatic heterocycles. The first-order valence-corrected chi connectivity index (χ1v) is 6.97. The van der Waals surface area contributed by atoms with Gasteiger partial charge in [0.15, 0.2) is 5.60 Å². The molecule has 10 heteroatoms. The molecule has 134 valence electrons. The molecule has 1 unspecified atom stereocenters. The Balaban J connectivity index is 2.82. The second kappa shape index (κ2) is 6.23. The fraction of sp³-hybridized carbons (Fsp3) is 0.200. The average Bonchev–Trinajstić information content (AvgIpc) is 2.53. The number of hydrogen-bond acceptors (Lipinski definition) is 3. The summed E-state index contributed by atoms with van der Waals surface area (Å²) in [6, 6.07) is 6.85. The third kappa shape index (κ3) is 3.16. The zero-order valence-electron chi connectivity index (χ0n) is 12.1. The van der Waals surface area contributed by atoms with Crippen molar-refractivity contribution < 1.29 is 32.0 Å². The van der Waals surface area contributed by atoms with Gasteiger partial charge >= 0.3 is 12.1 Å². The van der Waals surface area contributed by atoms with Crippen LogP contribution in [0.1, 0.15) is 11.1 Å². The van der Waals surface area contributed by atoms with E-state index in [2.05, 4.69) is 0 Å². The van der Waals surface area contributed by atoms with E-state index < -0.39 is 39.4 Å². The summed E-state index contributed by atoms with van der Waals surface area (Å²) in [4.78, 5) is 9.83. The Morgan fingerprint density at radius 1 is 0.960 bits per heavy atom. The third-order valence-electron chi connectivity index (χ3n) is 3.53. The lowest BCUT2D eigenvalue weighted by atomic mass is 9.80. The molecule has 0 radical (unpaired) electrons. The highest BCUT2D eigenvalue weighted by Crippen LogP contribution is 2.52. The van der Waals surface area contributed by atoms with E-state index in [9.17, 15) is 37.2 Å². The van der Waals surface area contributed by atoms with E-state index in [1.165, 1.54) is 6.07 Å². The smallest absolute Gasteiger partial charge is 0.374 e. The minimum Gasteiger partial charge on any atom is -0.374 e. The average molecular weight is 382 g/mol. The van der Waals surface area contributed by atoms with Crippen molar-refractivity contribution in [2.75, 3.05) is 0 Å². The number of halogens is 6. The monoisotopic (exact) mass is 381 g/mol. The van der Waals surface area contributed by atoms with Gasteiger partial charge < -0.3 is 5.11 Å². The highest BCUT2D eigenvalue weighted by Gasteiger charge is 2.71. The number of benzene rings is 2. The number of non-ortho nitro benzene ring substituents is 1. The van der Waals surface area contributed by atoms with Crippen LogP contribution in [0.2, 0.25) is 5.02 Å². The first kappa shape index (κ1) is 19.1. The summed E-state index contributed by atoms with van der Waals surface area (Å²) in [5, 5.41) is 21.1. The predicted molar refractivity (Wildman–Crippen MR) is 78.5 cm³/mol. The molecule has 0 aliphatic heterocycles. The molecule has 0 fully saturated rings. The highest BCUT2D eigenvalue weighted by atomic mass is 35.5. The SMILES string of the molecule is O=[N+]([O-])c1cccc(C(O)(c2cccc(Cl)c2)C(F)(F)C(F)(F)F)c1. The molecular formula is C15H9ClF5NO3. The van der Waals surface area contributed by atoms with E-state index in [1.54, 1.807) is 0 Å². The molecule has 1 N–H and O–H groups in total. The van der Waals surface area contributed by atoms with Crippen LogP contribution in [0.15, 0.2) is 48.5 Å². The summed E-state index contributed by atoms with van der Waals surface area (Å²) in [6.45, 7) is 0. The Labute approximate surface area is 142 Å². The molecule has 0 heterocycles.